The van der Waals surface area contributed by atoms with E-state index >= 15 is 0 Å². The first-order valence-electron chi connectivity index (χ1n) is 5.98. The molecule has 1 atom stereocenters. The number of nitrogens with two attached hydrogens (primary N) is 1. The van der Waals surface area contributed by atoms with E-state index in [0.717, 1.165) is 28.0 Å². The van der Waals surface area contributed by atoms with E-state index in [-0.39, 0.29) is 6.04 Å². The van der Waals surface area contributed by atoms with Gasteiger partial charge in [0, 0.05) is 16.1 Å². The predicted molar refractivity (Wildman–Crippen MR) is 77.9 cm³/mol. The zero-order chi connectivity index (χ0) is 13.0. The Balaban J connectivity index is 2.26. The van der Waals surface area contributed by atoms with Gasteiger partial charge in [0.1, 0.15) is 11.5 Å². The fourth-order valence-electron chi connectivity index (χ4n) is 1.73. The molecule has 2 aromatic rings. The van der Waals surface area contributed by atoms with Gasteiger partial charge in [-0.3, -0.25) is 0 Å². The lowest BCUT2D eigenvalue weighted by Crippen LogP contribution is -2.09. The fourth-order valence-corrected chi connectivity index (χ4v) is 1.99. The largest absolute Gasteiger partial charge is 0.457 e. The fraction of sp³-hybridized carbons (Fsp3) is 0.200. The minimum absolute atomic E-state index is 0.0108. The first-order chi connectivity index (χ1) is 8.70. The van der Waals surface area contributed by atoms with Crippen molar-refractivity contribution < 1.29 is 4.74 Å². The van der Waals surface area contributed by atoms with Crippen molar-refractivity contribution in [2.45, 2.75) is 19.4 Å². The number of para-hydroxylation sites is 1. The van der Waals surface area contributed by atoms with Crippen molar-refractivity contribution in [2.24, 2.45) is 5.73 Å². The van der Waals surface area contributed by atoms with Crippen molar-refractivity contribution in [2.75, 3.05) is 0 Å². The number of rotatable bonds is 4. The van der Waals surface area contributed by atoms with E-state index in [1.807, 2.05) is 48.5 Å². The molecule has 3 heteroatoms. The van der Waals surface area contributed by atoms with E-state index < -0.39 is 0 Å². The van der Waals surface area contributed by atoms with Crippen LogP contribution < -0.4 is 10.5 Å². The van der Waals surface area contributed by atoms with Crippen LogP contribution in [0.4, 0.5) is 0 Å². The topological polar surface area (TPSA) is 35.2 Å². The van der Waals surface area contributed by atoms with Gasteiger partial charge in [0.05, 0.1) is 0 Å². The summed E-state index contributed by atoms with van der Waals surface area (Å²) in [5.74, 6) is 1.64. The maximum absolute atomic E-state index is 6.09. The molecule has 2 aromatic carbocycles. The molecule has 0 aromatic heterocycles. The minimum atomic E-state index is 0.0108. The molecule has 0 saturated carbocycles. The molecule has 0 spiro atoms. The Labute approximate surface area is 116 Å². The lowest BCUT2D eigenvalue weighted by atomic mass is 10.0. The summed E-state index contributed by atoms with van der Waals surface area (Å²) in [5.41, 5.74) is 7.13. The van der Waals surface area contributed by atoms with Crippen molar-refractivity contribution in [3.8, 4) is 11.5 Å². The van der Waals surface area contributed by atoms with Crippen LogP contribution in [0.1, 0.15) is 24.9 Å². The Hall–Kier alpha value is -1.32. The molecular formula is C15H16BrNO. The molecule has 0 saturated heterocycles. The van der Waals surface area contributed by atoms with Crippen LogP contribution in [0.5, 0.6) is 11.5 Å². The normalized spacial score (nSPS) is 12.2. The summed E-state index contributed by atoms with van der Waals surface area (Å²) in [6.07, 6.45) is 0.890. The average Bonchev–Trinajstić information content (AvgIpc) is 2.41. The van der Waals surface area contributed by atoms with Gasteiger partial charge >= 0.3 is 0 Å². The zero-order valence-electron chi connectivity index (χ0n) is 10.3. The Morgan fingerprint density at radius 1 is 1.11 bits per heavy atom. The van der Waals surface area contributed by atoms with Crippen LogP contribution in [-0.2, 0) is 0 Å². The molecule has 0 radical (unpaired) electrons. The molecule has 2 rings (SSSR count). The molecule has 0 aliphatic rings. The van der Waals surface area contributed by atoms with Crippen molar-refractivity contribution in [3.05, 3.63) is 58.6 Å². The zero-order valence-corrected chi connectivity index (χ0v) is 11.9. The van der Waals surface area contributed by atoms with Gasteiger partial charge in [0.15, 0.2) is 0 Å². The summed E-state index contributed by atoms with van der Waals surface area (Å²) in [7, 11) is 0. The molecule has 2 nitrogen and oxygen atoms in total. The number of ether oxygens (including phenoxy) is 1. The van der Waals surface area contributed by atoms with Crippen LogP contribution in [0.25, 0.3) is 0 Å². The number of hydrogen-bond donors (Lipinski definition) is 1. The van der Waals surface area contributed by atoms with Crippen LogP contribution in [0.3, 0.4) is 0 Å². The molecule has 0 heterocycles. The Morgan fingerprint density at radius 3 is 2.44 bits per heavy atom. The van der Waals surface area contributed by atoms with Crippen molar-refractivity contribution in [1.29, 1.82) is 0 Å². The third-order valence-corrected chi connectivity index (χ3v) is 3.33. The SMILES string of the molecule is CC[C@@H](N)c1ccccc1Oc1ccc(Br)cc1. The van der Waals surface area contributed by atoms with Gasteiger partial charge in [-0.2, -0.15) is 0 Å². The van der Waals surface area contributed by atoms with Crippen LogP contribution in [0, 0.1) is 0 Å². The number of halogens is 1. The average molecular weight is 306 g/mol. The molecule has 0 aliphatic heterocycles. The predicted octanol–water partition coefficient (Wildman–Crippen LogP) is 4.65. The maximum Gasteiger partial charge on any atom is 0.132 e. The van der Waals surface area contributed by atoms with E-state index in [4.69, 9.17) is 10.5 Å². The molecular weight excluding hydrogens is 290 g/mol. The molecule has 2 N–H and O–H groups in total. The second kappa shape index (κ2) is 6.03. The number of benzene rings is 2. The molecule has 0 unspecified atom stereocenters. The molecule has 0 amide bonds. The molecule has 0 fully saturated rings. The Morgan fingerprint density at radius 2 is 1.78 bits per heavy atom. The highest BCUT2D eigenvalue weighted by Crippen LogP contribution is 2.30. The first-order valence-corrected chi connectivity index (χ1v) is 6.78. The van der Waals surface area contributed by atoms with Gasteiger partial charge in [-0.15, -0.1) is 0 Å². The molecule has 0 aliphatic carbocycles. The summed E-state index contributed by atoms with van der Waals surface area (Å²) in [6.45, 7) is 2.07. The lowest BCUT2D eigenvalue weighted by molar-refractivity contribution is 0.468. The summed E-state index contributed by atoms with van der Waals surface area (Å²) in [4.78, 5) is 0. The quantitative estimate of drug-likeness (QED) is 0.892. The van der Waals surface area contributed by atoms with Gasteiger partial charge in [-0.1, -0.05) is 41.1 Å². The smallest absolute Gasteiger partial charge is 0.132 e. The third-order valence-electron chi connectivity index (χ3n) is 2.80. The summed E-state index contributed by atoms with van der Waals surface area (Å²) in [5, 5.41) is 0. The van der Waals surface area contributed by atoms with E-state index in [1.54, 1.807) is 0 Å². The van der Waals surface area contributed by atoms with Crippen LogP contribution in [0.15, 0.2) is 53.0 Å². The van der Waals surface area contributed by atoms with Crippen LogP contribution >= 0.6 is 15.9 Å². The van der Waals surface area contributed by atoms with E-state index in [2.05, 4.69) is 22.9 Å². The van der Waals surface area contributed by atoms with Gasteiger partial charge in [0.2, 0.25) is 0 Å². The van der Waals surface area contributed by atoms with Gasteiger partial charge in [-0.05, 0) is 36.8 Å². The summed E-state index contributed by atoms with van der Waals surface area (Å²) < 4.78 is 6.92. The van der Waals surface area contributed by atoms with Gasteiger partial charge < -0.3 is 10.5 Å². The summed E-state index contributed by atoms with van der Waals surface area (Å²) >= 11 is 3.40. The third kappa shape index (κ3) is 3.12. The van der Waals surface area contributed by atoms with Crippen LogP contribution in [-0.4, -0.2) is 0 Å². The monoisotopic (exact) mass is 305 g/mol. The Kier molecular flexibility index (Phi) is 4.39. The van der Waals surface area contributed by atoms with Crippen molar-refractivity contribution in [1.82, 2.24) is 0 Å². The van der Waals surface area contributed by atoms with Gasteiger partial charge in [-0.25, -0.2) is 0 Å². The highest BCUT2D eigenvalue weighted by atomic mass is 79.9. The molecule has 94 valence electrons. The standard InChI is InChI=1S/C15H16BrNO/c1-2-14(17)13-5-3-4-6-15(13)18-12-9-7-11(16)8-10-12/h3-10,14H,2,17H2,1H3/t14-/m1/s1. The van der Waals surface area contributed by atoms with Crippen molar-refractivity contribution >= 4 is 15.9 Å². The highest BCUT2D eigenvalue weighted by Gasteiger charge is 2.10. The van der Waals surface area contributed by atoms with E-state index in [0.29, 0.717) is 0 Å². The molecule has 18 heavy (non-hydrogen) atoms. The molecule has 0 bridgehead atoms. The minimum Gasteiger partial charge on any atom is -0.457 e. The highest BCUT2D eigenvalue weighted by molar-refractivity contribution is 9.10. The van der Waals surface area contributed by atoms with Crippen LogP contribution in [0.2, 0.25) is 0 Å². The summed E-state index contributed by atoms with van der Waals surface area (Å²) in [6, 6.07) is 15.7. The number of hydrogen-bond acceptors (Lipinski definition) is 2. The van der Waals surface area contributed by atoms with Gasteiger partial charge in [0.25, 0.3) is 0 Å². The van der Waals surface area contributed by atoms with Crippen molar-refractivity contribution in [3.63, 3.8) is 0 Å². The first kappa shape index (κ1) is 13.1. The Bertz CT molecular complexity index is 510. The van der Waals surface area contributed by atoms with E-state index in [9.17, 15) is 0 Å². The second-order valence-electron chi connectivity index (χ2n) is 4.11. The lowest BCUT2D eigenvalue weighted by Gasteiger charge is -2.15. The maximum atomic E-state index is 6.09. The second-order valence-corrected chi connectivity index (χ2v) is 5.02. The van der Waals surface area contributed by atoms with E-state index in [1.165, 1.54) is 0 Å².